The minimum absolute atomic E-state index is 0.220. The molecule has 1 aliphatic carbocycles. The van der Waals surface area contributed by atoms with Crippen molar-refractivity contribution in [1.29, 1.82) is 0 Å². The minimum Gasteiger partial charge on any atom is -0.353 e. The zero-order valence-electron chi connectivity index (χ0n) is 18.3. The van der Waals surface area contributed by atoms with Crippen LogP contribution in [0.2, 0.25) is 0 Å². The van der Waals surface area contributed by atoms with Crippen LogP contribution in [0, 0.1) is 17.6 Å². The van der Waals surface area contributed by atoms with Crippen molar-refractivity contribution in [2.24, 2.45) is 5.92 Å². The Morgan fingerprint density at radius 1 is 1.06 bits per heavy atom. The number of amides is 2. The van der Waals surface area contributed by atoms with Gasteiger partial charge in [0, 0.05) is 17.4 Å². The van der Waals surface area contributed by atoms with E-state index in [1.807, 2.05) is 0 Å². The number of benzene rings is 1. The maximum Gasteiger partial charge on any atom is 0.252 e. The second-order valence-corrected chi connectivity index (χ2v) is 8.18. The summed E-state index contributed by atoms with van der Waals surface area (Å²) in [6.07, 6.45) is 9.16. The fraction of sp³-hybridized carbons (Fsp3) is 0.292. The van der Waals surface area contributed by atoms with Crippen LogP contribution in [0.5, 0.6) is 0 Å². The molecule has 2 amide bonds. The van der Waals surface area contributed by atoms with Crippen LogP contribution in [0.1, 0.15) is 42.5 Å². The van der Waals surface area contributed by atoms with Gasteiger partial charge < -0.3 is 16.0 Å². The number of halogens is 2. The first-order valence-corrected chi connectivity index (χ1v) is 11.0. The first kappa shape index (κ1) is 23.2. The van der Waals surface area contributed by atoms with Crippen LogP contribution < -0.4 is 16.0 Å². The molecule has 2 heterocycles. The molecule has 0 saturated heterocycles. The molecule has 1 atom stereocenters. The van der Waals surface area contributed by atoms with E-state index in [0.717, 1.165) is 44.4 Å². The van der Waals surface area contributed by atoms with E-state index in [-0.39, 0.29) is 23.0 Å². The Kier molecular flexibility index (Phi) is 7.36. The number of aromatic nitrogens is 3. The molecular formula is C24H24F2N6O2. The van der Waals surface area contributed by atoms with Crippen molar-refractivity contribution >= 4 is 29.0 Å². The van der Waals surface area contributed by atoms with Crippen LogP contribution in [0.25, 0.3) is 0 Å². The van der Waals surface area contributed by atoms with Crippen molar-refractivity contribution in [3.8, 4) is 0 Å². The SMILES string of the molecule is O=C(N[C@H](CC1CCCC1)C(=O)Nc1ncncc1F)c1cccc(Nc2ccncc2F)c1. The Balaban J connectivity index is 1.49. The van der Waals surface area contributed by atoms with Crippen LogP contribution in [0.15, 0.2) is 55.2 Å². The lowest BCUT2D eigenvalue weighted by Gasteiger charge is -2.21. The molecule has 10 heteroatoms. The molecule has 176 valence electrons. The average Bonchev–Trinajstić information content (AvgIpc) is 3.35. The van der Waals surface area contributed by atoms with Gasteiger partial charge in [-0.1, -0.05) is 31.7 Å². The summed E-state index contributed by atoms with van der Waals surface area (Å²) in [6, 6.07) is 7.10. The number of pyridine rings is 1. The molecule has 8 nitrogen and oxygen atoms in total. The van der Waals surface area contributed by atoms with E-state index in [1.165, 1.54) is 12.3 Å². The highest BCUT2D eigenvalue weighted by Gasteiger charge is 2.28. The minimum atomic E-state index is -0.876. The van der Waals surface area contributed by atoms with Crippen molar-refractivity contribution in [2.75, 3.05) is 10.6 Å². The Hall–Kier alpha value is -3.95. The maximum atomic E-state index is 13.9. The zero-order chi connectivity index (χ0) is 23.9. The van der Waals surface area contributed by atoms with Crippen LogP contribution >= 0.6 is 0 Å². The molecule has 3 N–H and O–H groups in total. The molecule has 3 aromatic rings. The van der Waals surface area contributed by atoms with Crippen LogP contribution in [0.4, 0.5) is 26.0 Å². The largest absolute Gasteiger partial charge is 0.353 e. The number of carbonyl (C=O) groups is 2. The lowest BCUT2D eigenvalue weighted by atomic mass is 9.97. The van der Waals surface area contributed by atoms with Crippen LogP contribution in [-0.4, -0.2) is 32.8 Å². The normalized spacial score (nSPS) is 14.4. The second-order valence-electron chi connectivity index (χ2n) is 8.18. The van der Waals surface area contributed by atoms with E-state index in [0.29, 0.717) is 12.1 Å². The highest BCUT2D eigenvalue weighted by molar-refractivity contribution is 6.01. The van der Waals surface area contributed by atoms with Gasteiger partial charge in [0.25, 0.3) is 5.91 Å². The monoisotopic (exact) mass is 466 g/mol. The Morgan fingerprint density at radius 3 is 2.62 bits per heavy atom. The van der Waals surface area contributed by atoms with Gasteiger partial charge in [0.05, 0.1) is 18.1 Å². The second kappa shape index (κ2) is 10.8. The molecular weight excluding hydrogens is 442 g/mol. The molecule has 0 unspecified atom stereocenters. The van der Waals surface area contributed by atoms with Crippen molar-refractivity contribution in [3.05, 3.63) is 72.4 Å². The molecule has 34 heavy (non-hydrogen) atoms. The van der Waals surface area contributed by atoms with Crippen LogP contribution in [-0.2, 0) is 4.79 Å². The number of carbonyl (C=O) groups excluding carboxylic acids is 2. The Morgan fingerprint density at radius 2 is 1.85 bits per heavy atom. The third-order valence-electron chi connectivity index (χ3n) is 5.75. The number of hydrogen-bond acceptors (Lipinski definition) is 6. The van der Waals surface area contributed by atoms with Crippen molar-refractivity contribution < 1.29 is 18.4 Å². The predicted molar refractivity (Wildman–Crippen MR) is 122 cm³/mol. The first-order chi connectivity index (χ1) is 16.5. The molecule has 2 aromatic heterocycles. The summed E-state index contributed by atoms with van der Waals surface area (Å²) < 4.78 is 27.8. The molecule has 0 aliphatic heterocycles. The molecule has 0 radical (unpaired) electrons. The number of anilines is 3. The van der Waals surface area contributed by atoms with Crippen molar-refractivity contribution in [1.82, 2.24) is 20.3 Å². The van der Waals surface area contributed by atoms with Crippen molar-refractivity contribution in [2.45, 2.75) is 38.1 Å². The van der Waals surface area contributed by atoms with E-state index in [1.54, 1.807) is 24.3 Å². The van der Waals surface area contributed by atoms with Gasteiger partial charge in [0.2, 0.25) is 5.91 Å². The summed E-state index contributed by atoms with van der Waals surface area (Å²) in [4.78, 5) is 37.0. The summed E-state index contributed by atoms with van der Waals surface area (Å²) in [6.45, 7) is 0. The lowest BCUT2D eigenvalue weighted by Crippen LogP contribution is -2.45. The highest BCUT2D eigenvalue weighted by Crippen LogP contribution is 2.29. The van der Waals surface area contributed by atoms with Gasteiger partial charge in [-0.3, -0.25) is 14.6 Å². The smallest absolute Gasteiger partial charge is 0.252 e. The summed E-state index contributed by atoms with van der Waals surface area (Å²) in [5.41, 5.74) is 1.01. The van der Waals surface area contributed by atoms with Gasteiger partial charge in [0.15, 0.2) is 17.5 Å². The summed E-state index contributed by atoms with van der Waals surface area (Å²) >= 11 is 0. The molecule has 4 rings (SSSR count). The third-order valence-corrected chi connectivity index (χ3v) is 5.75. The van der Waals surface area contributed by atoms with Gasteiger partial charge in [-0.15, -0.1) is 0 Å². The van der Waals surface area contributed by atoms with E-state index in [9.17, 15) is 18.4 Å². The van der Waals surface area contributed by atoms with E-state index in [4.69, 9.17) is 0 Å². The fourth-order valence-electron chi connectivity index (χ4n) is 4.03. The molecule has 1 saturated carbocycles. The van der Waals surface area contributed by atoms with E-state index in [2.05, 4.69) is 30.9 Å². The highest BCUT2D eigenvalue weighted by atomic mass is 19.1. The summed E-state index contributed by atoms with van der Waals surface area (Å²) in [7, 11) is 0. The number of rotatable bonds is 8. The van der Waals surface area contributed by atoms with Gasteiger partial charge in [-0.05, 0) is 36.6 Å². The maximum absolute atomic E-state index is 13.9. The van der Waals surface area contributed by atoms with Crippen LogP contribution in [0.3, 0.4) is 0 Å². The van der Waals surface area contributed by atoms with Gasteiger partial charge >= 0.3 is 0 Å². The molecule has 0 bridgehead atoms. The molecule has 0 spiro atoms. The summed E-state index contributed by atoms with van der Waals surface area (Å²) in [5, 5.41) is 8.14. The van der Waals surface area contributed by atoms with Crippen molar-refractivity contribution in [3.63, 3.8) is 0 Å². The van der Waals surface area contributed by atoms with E-state index >= 15 is 0 Å². The number of hydrogen-bond donors (Lipinski definition) is 3. The van der Waals surface area contributed by atoms with Gasteiger partial charge in [0.1, 0.15) is 12.4 Å². The average molecular weight is 466 g/mol. The first-order valence-electron chi connectivity index (χ1n) is 11.0. The zero-order valence-corrected chi connectivity index (χ0v) is 18.3. The standard InChI is InChI=1S/C24H24F2N6O2/c25-18-12-27-9-8-20(18)30-17-7-3-6-16(11-17)23(33)31-21(10-15-4-1-2-5-15)24(34)32-22-19(26)13-28-14-29-22/h3,6-9,11-15,21H,1-2,4-5,10H2,(H,27,30)(H,31,33)(H,28,29,32,34)/t21-/m1/s1. The third kappa shape index (κ3) is 5.89. The predicted octanol–water partition coefficient (Wildman–Crippen LogP) is 4.21. The molecule has 1 fully saturated rings. The van der Waals surface area contributed by atoms with E-state index < -0.39 is 29.5 Å². The Labute approximate surface area is 195 Å². The Bertz CT molecular complexity index is 1170. The number of nitrogens with zero attached hydrogens (tertiary/aromatic N) is 3. The topological polar surface area (TPSA) is 109 Å². The molecule has 1 aromatic carbocycles. The fourth-order valence-corrected chi connectivity index (χ4v) is 4.03. The van der Waals surface area contributed by atoms with Gasteiger partial charge in [-0.2, -0.15) is 0 Å². The molecule has 1 aliphatic rings. The number of nitrogens with one attached hydrogen (secondary N) is 3. The quantitative estimate of drug-likeness (QED) is 0.459. The summed E-state index contributed by atoms with van der Waals surface area (Å²) in [5.74, 6) is -2.26. The van der Waals surface area contributed by atoms with Gasteiger partial charge in [-0.25, -0.2) is 18.7 Å². The lowest BCUT2D eigenvalue weighted by molar-refractivity contribution is -0.118.